The zero-order chi connectivity index (χ0) is 35.6. The lowest BCUT2D eigenvalue weighted by Crippen LogP contribution is -2.60. The molecule has 16 heteroatoms. The molecule has 2 bridgehead atoms. The minimum atomic E-state index is -4.80. The number of benzene rings is 2. The molecule has 11 nitrogen and oxygen atoms in total. The smallest absolute Gasteiger partial charge is 0.453 e. The van der Waals surface area contributed by atoms with Crippen LogP contribution in [-0.2, 0) is 33.2 Å². The van der Waals surface area contributed by atoms with E-state index in [9.17, 15) is 22.8 Å². The molecule has 3 fully saturated rings. The van der Waals surface area contributed by atoms with Gasteiger partial charge in [0.05, 0.1) is 24.1 Å². The third kappa shape index (κ3) is 5.84. The Labute approximate surface area is 281 Å². The van der Waals surface area contributed by atoms with E-state index in [1.54, 1.807) is 17.0 Å². The van der Waals surface area contributed by atoms with Crippen LogP contribution in [0, 0.1) is 11.7 Å². The monoisotopic (exact) mass is 698 g/mol. The number of ether oxygens (including phenoxy) is 1. The summed E-state index contributed by atoms with van der Waals surface area (Å²) in [4.78, 5) is 30.5. The Hall–Kier alpha value is -4.99. The van der Waals surface area contributed by atoms with Crippen LogP contribution >= 0.6 is 0 Å². The largest absolute Gasteiger partial charge is 0.471 e. The zero-order valence-corrected chi connectivity index (χ0v) is 26.7. The summed E-state index contributed by atoms with van der Waals surface area (Å²) in [5.74, 6) is -3.39. The maximum Gasteiger partial charge on any atom is 0.471 e. The molecule has 2 aliphatic carbocycles. The number of methoxy groups -OCH3 is 1. The third-order valence-corrected chi connectivity index (χ3v) is 9.96. The van der Waals surface area contributed by atoms with Gasteiger partial charge in [-0.15, -0.1) is 10.2 Å². The number of hydrogen-bond acceptors (Lipinski definition) is 10. The summed E-state index contributed by atoms with van der Waals surface area (Å²) in [6.45, 7) is 4.47. The summed E-state index contributed by atoms with van der Waals surface area (Å²) >= 11 is 0. The van der Waals surface area contributed by atoms with E-state index in [-0.39, 0.29) is 53.1 Å². The predicted octanol–water partition coefficient (Wildman–Crippen LogP) is 6.04. The summed E-state index contributed by atoms with van der Waals surface area (Å²) in [6, 6.07) is 7.47. The van der Waals surface area contributed by atoms with Gasteiger partial charge in [-0.25, -0.2) is 13.6 Å². The van der Waals surface area contributed by atoms with E-state index in [1.165, 1.54) is 25.3 Å². The van der Waals surface area contributed by atoms with Crippen molar-refractivity contribution in [3.63, 3.8) is 0 Å². The second-order valence-corrected chi connectivity index (χ2v) is 13.3. The maximum atomic E-state index is 16.6. The van der Waals surface area contributed by atoms with Crippen LogP contribution in [0.5, 0.6) is 0 Å². The lowest BCUT2D eigenvalue weighted by atomic mass is 9.58. The number of hydrogen-bond donors (Lipinski definition) is 1. The summed E-state index contributed by atoms with van der Waals surface area (Å²) in [7, 11) is 1.30. The minimum absolute atomic E-state index is 0.0500. The van der Waals surface area contributed by atoms with Gasteiger partial charge in [-0.1, -0.05) is 42.1 Å². The molecule has 2 unspecified atom stereocenters. The predicted molar refractivity (Wildman–Crippen MR) is 164 cm³/mol. The molecule has 0 radical (unpaired) electrons. The van der Waals surface area contributed by atoms with Crippen LogP contribution in [0.15, 0.2) is 58.0 Å². The van der Waals surface area contributed by atoms with Crippen LogP contribution in [0.3, 0.4) is 0 Å². The van der Waals surface area contributed by atoms with Gasteiger partial charge >= 0.3 is 18.2 Å². The van der Waals surface area contributed by atoms with Crippen LogP contribution < -0.4 is 5.73 Å². The van der Waals surface area contributed by atoms with E-state index >= 15 is 8.78 Å². The molecule has 8 rings (SSSR count). The number of nitrogens with two attached hydrogens (primary N) is 1. The van der Waals surface area contributed by atoms with E-state index in [0.717, 1.165) is 12.1 Å². The van der Waals surface area contributed by atoms with Gasteiger partial charge in [0.1, 0.15) is 11.6 Å². The normalized spacial score (nSPS) is 26.4. The number of aromatic nitrogens is 4. The molecule has 2 N–H and O–H groups in total. The molecule has 262 valence electrons. The van der Waals surface area contributed by atoms with Gasteiger partial charge in [-0.3, -0.25) is 4.79 Å². The average molecular weight is 699 g/mol. The number of nitrogens with zero attached hydrogens (tertiary/aromatic N) is 5. The first-order chi connectivity index (χ1) is 23.7. The number of piperidine rings is 2. The first-order valence-corrected chi connectivity index (χ1v) is 15.8. The van der Waals surface area contributed by atoms with Crippen molar-refractivity contribution in [2.45, 2.75) is 61.3 Å². The first-order valence-electron chi connectivity index (χ1n) is 15.8. The average Bonchev–Trinajstić information content (AvgIpc) is 3.79. The van der Waals surface area contributed by atoms with Crippen LogP contribution in [0.1, 0.15) is 60.1 Å². The molecule has 50 heavy (non-hydrogen) atoms. The van der Waals surface area contributed by atoms with Crippen molar-refractivity contribution in [1.29, 1.82) is 0 Å². The van der Waals surface area contributed by atoms with Crippen LogP contribution in [0.2, 0.25) is 0 Å². The van der Waals surface area contributed by atoms with Crippen molar-refractivity contribution in [3.05, 3.63) is 83.3 Å². The number of carbonyl (C=O) groups is 2. The number of fused-ring (bicyclic) bond motifs is 3. The maximum absolute atomic E-state index is 16.6. The van der Waals surface area contributed by atoms with Crippen molar-refractivity contribution in [2.24, 2.45) is 11.7 Å². The fourth-order valence-corrected chi connectivity index (χ4v) is 7.51. The molecule has 2 aliphatic heterocycles. The highest BCUT2D eigenvalue weighted by molar-refractivity contribution is 5.85. The van der Waals surface area contributed by atoms with Crippen molar-refractivity contribution < 1.29 is 45.2 Å². The summed E-state index contributed by atoms with van der Waals surface area (Å²) < 4.78 is 86.8. The van der Waals surface area contributed by atoms with Crippen molar-refractivity contribution >= 4 is 11.9 Å². The molecule has 2 saturated heterocycles. The first kappa shape index (κ1) is 33.5. The molecule has 2 aromatic carbocycles. The molecule has 4 aromatic rings. The Morgan fingerprint density at radius 1 is 1.18 bits per heavy atom. The summed E-state index contributed by atoms with van der Waals surface area (Å²) in [6.07, 6.45) is -3.27. The van der Waals surface area contributed by atoms with Gasteiger partial charge < -0.3 is 24.3 Å². The van der Waals surface area contributed by atoms with Gasteiger partial charge in [0, 0.05) is 31.5 Å². The molecule has 0 spiro atoms. The minimum Gasteiger partial charge on any atom is -0.453 e. The van der Waals surface area contributed by atoms with E-state index in [0.29, 0.717) is 37.1 Å². The third-order valence-electron chi connectivity index (χ3n) is 9.96. The van der Waals surface area contributed by atoms with Crippen LogP contribution in [-0.4, -0.2) is 63.4 Å². The number of rotatable bonds is 6. The Morgan fingerprint density at radius 2 is 1.92 bits per heavy atom. The molecular weight excluding hydrogens is 667 g/mol. The molecule has 4 heterocycles. The number of carbonyl (C=O) groups excluding carboxylic acids is 2. The van der Waals surface area contributed by atoms with Gasteiger partial charge in [0.25, 0.3) is 5.89 Å². The molecule has 3 atom stereocenters. The lowest BCUT2D eigenvalue weighted by molar-refractivity contribution is -0.159. The zero-order valence-electron chi connectivity index (χ0n) is 26.7. The van der Waals surface area contributed by atoms with E-state index in [4.69, 9.17) is 14.9 Å². The lowest BCUT2D eigenvalue weighted by Gasteiger charge is -2.53. The number of halogens is 5. The number of amides is 1. The van der Waals surface area contributed by atoms with Crippen molar-refractivity contribution in [2.75, 3.05) is 20.2 Å². The Balaban J connectivity index is 1.24. The molecule has 2 aromatic heterocycles. The summed E-state index contributed by atoms with van der Waals surface area (Å²) in [5.41, 5.74) is 4.18. The molecule has 4 aliphatic rings. The topological polar surface area (TPSA) is 150 Å². The van der Waals surface area contributed by atoms with E-state index in [1.807, 2.05) is 0 Å². The SMILES string of the molecule is C=CC1(F)C[C@H](N)C(=O)CC(Cc2ccc(-c3noc(C(F)(F)F)n3)cc2)c2cc(-c3nnc(C45CC(CN(C(=O)OC)C4)C5)o3)c(F)cc21. The molecular formula is C34H31F5N6O5. The van der Waals surface area contributed by atoms with Crippen molar-refractivity contribution in [3.8, 4) is 22.8 Å². The quantitative estimate of drug-likeness (QED) is 0.186. The second-order valence-electron chi connectivity index (χ2n) is 13.3. The van der Waals surface area contributed by atoms with Gasteiger partial charge in [-0.05, 0) is 59.9 Å². The molecule has 1 saturated carbocycles. The standard InChI is InChI=1S/C34H31F5N6O5/c1-3-33(36)14-25(40)26(46)9-20(8-17-4-6-19(7-5-17)27-41-30(50-44-27)34(37,38)39)21-10-22(24(35)11-23(21)33)28-42-43-29(49-28)32-12-18(13-32)15-45(16-32)31(47)48-2/h3-7,10-11,18,20,25H,1,8-9,12-16,40H2,2H3/t18?,20?,25-,32?,33?/m0/s1. The Bertz CT molecular complexity index is 1970. The van der Waals surface area contributed by atoms with Gasteiger partial charge in [-0.2, -0.15) is 18.2 Å². The number of allylic oxidation sites excluding steroid dienone is 1. The Morgan fingerprint density at radius 3 is 2.58 bits per heavy atom. The van der Waals surface area contributed by atoms with Crippen LogP contribution in [0.25, 0.3) is 22.8 Å². The highest BCUT2D eigenvalue weighted by Gasteiger charge is 2.56. The van der Waals surface area contributed by atoms with Gasteiger partial charge in [0.2, 0.25) is 11.7 Å². The van der Waals surface area contributed by atoms with Crippen molar-refractivity contribution in [1.82, 2.24) is 25.2 Å². The fraction of sp³-hybridized carbons (Fsp3) is 0.412. The Kier molecular flexibility index (Phi) is 8.11. The fourth-order valence-electron chi connectivity index (χ4n) is 7.51. The van der Waals surface area contributed by atoms with Gasteiger partial charge in [0.15, 0.2) is 5.67 Å². The highest BCUT2D eigenvalue weighted by atomic mass is 19.4. The van der Waals surface area contributed by atoms with E-state index < -0.39 is 59.2 Å². The number of Topliss-reactive ketones (excluding diaryl/α,β-unsaturated/α-hetero) is 1. The second kappa shape index (κ2) is 12.1. The highest BCUT2D eigenvalue weighted by Crippen LogP contribution is 2.52. The van der Waals surface area contributed by atoms with Crippen LogP contribution in [0.4, 0.5) is 26.7 Å². The summed E-state index contributed by atoms with van der Waals surface area (Å²) in [5, 5.41) is 11.8. The van der Waals surface area contributed by atoms with E-state index in [2.05, 4.69) is 31.4 Å². The number of ketones is 1. The molecule has 1 amide bonds. The number of alkyl halides is 4.